The third-order valence-electron chi connectivity index (χ3n) is 6.43. The number of nitrogens with zero attached hydrogens (tertiary/aromatic N) is 5. The van der Waals surface area contributed by atoms with Crippen LogP contribution in [0.1, 0.15) is 80.5 Å². The predicted molar refractivity (Wildman–Crippen MR) is 164 cm³/mol. The molecule has 2 aromatic heterocycles. The molecule has 3 rings (SSSR count). The predicted octanol–water partition coefficient (Wildman–Crippen LogP) is 7.49. The monoisotopic (exact) mass is 540 g/mol. The summed E-state index contributed by atoms with van der Waals surface area (Å²) >= 11 is 0. The molecular weight excluding hydrogens is 491 g/mol. The smallest absolute Gasteiger partial charge is 0.222 e. The molecule has 0 saturated carbocycles. The Hall–Kier alpha value is -3.42. The van der Waals surface area contributed by atoms with E-state index in [9.17, 15) is 0 Å². The quantitative estimate of drug-likeness (QED) is 0.298. The summed E-state index contributed by atoms with van der Waals surface area (Å²) in [6, 6.07) is 0. The van der Waals surface area contributed by atoms with Gasteiger partial charge < -0.3 is 15.0 Å². The van der Waals surface area contributed by atoms with Crippen molar-refractivity contribution in [3.05, 3.63) is 66.3 Å². The standard InChI is InChI=1S/C27H37FN6O.2C2H6/c1-8-14-27(28,11-4)18-29-22(10-3)20(6)21(9-2)13-12-19(5)25-31-32-26-24-23(17-30-34(25)26)33(7)15-16-35-24;2*1-2/h9-10,12-13,17,29H,2,6,8,11,14-16,18H2,1,3-5,7H3;2*1-2H3/b19-12+,21-13-,22-10+;;. The topological polar surface area (TPSA) is 67.6 Å². The van der Waals surface area contributed by atoms with Gasteiger partial charge in [0, 0.05) is 19.3 Å². The number of nitrogens with one attached hydrogen (secondary N) is 1. The van der Waals surface area contributed by atoms with E-state index in [0.717, 1.165) is 41.1 Å². The number of fused-ring (bicyclic) bond motifs is 3. The molecule has 0 aliphatic carbocycles. The highest BCUT2D eigenvalue weighted by Crippen LogP contribution is 2.33. The molecule has 0 fully saturated rings. The van der Waals surface area contributed by atoms with Crippen LogP contribution < -0.4 is 15.0 Å². The number of rotatable bonds is 11. The number of likely N-dealkylation sites (N-methyl/N-ethyl adjacent to an activating group) is 1. The van der Waals surface area contributed by atoms with Crippen LogP contribution in [-0.4, -0.2) is 52.2 Å². The van der Waals surface area contributed by atoms with Crippen molar-refractivity contribution in [1.82, 2.24) is 25.1 Å². The van der Waals surface area contributed by atoms with Gasteiger partial charge >= 0.3 is 0 Å². The number of alkyl halides is 1. The molecule has 0 saturated heterocycles. The van der Waals surface area contributed by atoms with Crippen molar-refractivity contribution in [1.29, 1.82) is 0 Å². The van der Waals surface area contributed by atoms with E-state index < -0.39 is 5.67 Å². The Balaban J connectivity index is 0.00000181. The third kappa shape index (κ3) is 8.28. The van der Waals surface area contributed by atoms with Crippen LogP contribution in [0.3, 0.4) is 0 Å². The van der Waals surface area contributed by atoms with Crippen LogP contribution in [0.4, 0.5) is 10.1 Å². The van der Waals surface area contributed by atoms with Gasteiger partial charge in [0.2, 0.25) is 5.65 Å². The van der Waals surface area contributed by atoms with Gasteiger partial charge in [-0.25, -0.2) is 4.39 Å². The zero-order valence-corrected chi connectivity index (χ0v) is 25.6. The van der Waals surface area contributed by atoms with Crippen LogP contribution in [0.2, 0.25) is 0 Å². The molecule has 1 aliphatic heterocycles. The van der Waals surface area contributed by atoms with Gasteiger partial charge in [-0.15, -0.1) is 10.2 Å². The normalized spacial score (nSPS) is 15.1. The number of halogens is 1. The maximum atomic E-state index is 15.0. The lowest BCUT2D eigenvalue weighted by Crippen LogP contribution is -2.36. The number of hydrogen-bond donors (Lipinski definition) is 1. The second-order valence-electron chi connectivity index (χ2n) is 8.85. The van der Waals surface area contributed by atoms with Gasteiger partial charge in [0.1, 0.15) is 18.0 Å². The first kappa shape index (κ1) is 33.6. The van der Waals surface area contributed by atoms with Crippen LogP contribution in [-0.2, 0) is 0 Å². The van der Waals surface area contributed by atoms with Gasteiger partial charge in [-0.2, -0.15) is 9.61 Å². The van der Waals surface area contributed by atoms with Gasteiger partial charge in [0.05, 0.1) is 12.7 Å². The van der Waals surface area contributed by atoms with Crippen LogP contribution in [0, 0.1) is 0 Å². The highest BCUT2D eigenvalue weighted by Gasteiger charge is 2.26. The minimum Gasteiger partial charge on any atom is -0.486 e. The minimum atomic E-state index is -1.24. The first-order valence-corrected chi connectivity index (χ1v) is 14.2. The van der Waals surface area contributed by atoms with Crippen molar-refractivity contribution in [3.8, 4) is 5.75 Å². The van der Waals surface area contributed by atoms with E-state index in [1.165, 1.54) is 0 Å². The number of anilines is 1. The molecule has 0 bridgehead atoms. The SMILES string of the molecule is C=C/C(=C/C=C(\C)c1nnc2c3c(cnn12)N(C)CCO3)C(=C)/C(=C\C)NCC(F)(CC)CCC.CC.CC. The summed E-state index contributed by atoms with van der Waals surface area (Å²) in [5.74, 6) is 1.32. The summed E-state index contributed by atoms with van der Waals surface area (Å²) in [6.07, 6.45) is 11.1. The van der Waals surface area contributed by atoms with Gasteiger partial charge in [-0.1, -0.05) is 85.4 Å². The molecule has 1 unspecified atom stereocenters. The van der Waals surface area contributed by atoms with E-state index in [2.05, 4.69) is 38.7 Å². The highest BCUT2D eigenvalue weighted by molar-refractivity contribution is 5.72. The minimum absolute atomic E-state index is 0.244. The van der Waals surface area contributed by atoms with Crippen LogP contribution in [0.5, 0.6) is 5.75 Å². The average Bonchev–Trinajstić information content (AvgIpc) is 3.41. The lowest BCUT2D eigenvalue weighted by Gasteiger charge is -2.26. The molecule has 2 aromatic rings. The maximum Gasteiger partial charge on any atom is 0.222 e. The molecule has 1 atom stereocenters. The Labute approximate surface area is 235 Å². The van der Waals surface area contributed by atoms with Crippen molar-refractivity contribution < 1.29 is 9.13 Å². The Morgan fingerprint density at radius 3 is 2.49 bits per heavy atom. The summed E-state index contributed by atoms with van der Waals surface area (Å²) in [7, 11) is 2.00. The Bertz CT molecular complexity index is 1180. The summed E-state index contributed by atoms with van der Waals surface area (Å²) in [6.45, 7) is 25.6. The number of allylic oxidation sites excluding steroid dienone is 6. The zero-order chi connectivity index (χ0) is 29.6. The highest BCUT2D eigenvalue weighted by atomic mass is 19.1. The molecule has 0 radical (unpaired) electrons. The lowest BCUT2D eigenvalue weighted by molar-refractivity contribution is 0.143. The lowest BCUT2D eigenvalue weighted by atomic mass is 9.96. The number of ether oxygens (including phenoxy) is 1. The van der Waals surface area contributed by atoms with E-state index in [-0.39, 0.29) is 6.54 Å². The zero-order valence-electron chi connectivity index (χ0n) is 25.6. The number of aromatic nitrogens is 4. The summed E-state index contributed by atoms with van der Waals surface area (Å²) in [5, 5.41) is 16.5. The van der Waals surface area contributed by atoms with Crippen LogP contribution >= 0.6 is 0 Å². The Morgan fingerprint density at radius 2 is 1.90 bits per heavy atom. The first-order chi connectivity index (χ1) is 18.8. The largest absolute Gasteiger partial charge is 0.486 e. The molecule has 7 nitrogen and oxygen atoms in total. The van der Waals surface area contributed by atoms with E-state index in [0.29, 0.717) is 36.7 Å². The number of hydrogen-bond acceptors (Lipinski definition) is 6. The molecule has 0 spiro atoms. The summed E-state index contributed by atoms with van der Waals surface area (Å²) in [4.78, 5) is 2.09. The second kappa shape index (κ2) is 16.5. The summed E-state index contributed by atoms with van der Waals surface area (Å²) < 4.78 is 22.6. The fourth-order valence-corrected chi connectivity index (χ4v) is 4.09. The average molecular weight is 541 g/mol. The maximum absolute atomic E-state index is 15.0. The molecule has 39 heavy (non-hydrogen) atoms. The first-order valence-electron chi connectivity index (χ1n) is 14.2. The van der Waals surface area contributed by atoms with Gasteiger partial charge in [0.15, 0.2) is 11.6 Å². The molecule has 1 N–H and O–H groups in total. The Kier molecular flexibility index (Phi) is 14.2. The summed E-state index contributed by atoms with van der Waals surface area (Å²) in [5.41, 5.74) is 3.48. The van der Waals surface area contributed by atoms with E-state index in [1.54, 1.807) is 16.8 Å². The van der Waals surface area contributed by atoms with Crippen LogP contribution in [0.15, 0.2) is 60.5 Å². The second-order valence-corrected chi connectivity index (χ2v) is 8.85. The van der Waals surface area contributed by atoms with Crippen LogP contribution in [0.25, 0.3) is 11.2 Å². The fourth-order valence-electron chi connectivity index (χ4n) is 4.09. The van der Waals surface area contributed by atoms with Crippen molar-refractivity contribution in [3.63, 3.8) is 0 Å². The van der Waals surface area contributed by atoms with Crippen molar-refractivity contribution in [2.24, 2.45) is 0 Å². The molecule has 0 amide bonds. The molecular formula is C31H49FN6O. The third-order valence-corrected chi connectivity index (χ3v) is 6.43. The van der Waals surface area contributed by atoms with Crippen molar-refractivity contribution >= 4 is 16.9 Å². The Morgan fingerprint density at radius 1 is 1.21 bits per heavy atom. The van der Waals surface area contributed by atoms with Gasteiger partial charge in [-0.3, -0.25) is 0 Å². The van der Waals surface area contributed by atoms with Crippen molar-refractivity contribution in [2.75, 3.05) is 31.6 Å². The van der Waals surface area contributed by atoms with Gasteiger partial charge in [0.25, 0.3) is 0 Å². The molecule has 3 heterocycles. The fraction of sp³-hybridized carbons (Fsp3) is 0.516. The molecule has 0 aromatic carbocycles. The van der Waals surface area contributed by atoms with E-state index in [1.807, 2.05) is 80.7 Å². The van der Waals surface area contributed by atoms with E-state index in [4.69, 9.17) is 4.74 Å². The molecule has 216 valence electrons. The van der Waals surface area contributed by atoms with Crippen molar-refractivity contribution in [2.45, 2.75) is 80.3 Å². The molecule has 8 heteroatoms. The van der Waals surface area contributed by atoms with Gasteiger partial charge in [-0.05, 0) is 43.4 Å². The molecule has 1 aliphatic rings. The van der Waals surface area contributed by atoms with E-state index >= 15 is 4.39 Å².